The smallest absolute Gasteiger partial charge is 0.0642 e. The Balaban J connectivity index is 2.02. The molecule has 0 aliphatic rings. The summed E-state index contributed by atoms with van der Waals surface area (Å²) >= 11 is 12.4. The molecule has 1 N–H and O–H groups in total. The third-order valence-corrected chi connectivity index (χ3v) is 4.50. The highest BCUT2D eigenvalue weighted by Gasteiger charge is 2.08. The second-order valence-corrected chi connectivity index (χ2v) is 5.82. The Hall–Kier alpha value is -1.48. The molecule has 21 heavy (non-hydrogen) atoms. The molecule has 4 heteroatoms. The van der Waals surface area contributed by atoms with Crippen molar-refractivity contribution in [3.63, 3.8) is 0 Å². The van der Waals surface area contributed by atoms with Gasteiger partial charge >= 0.3 is 0 Å². The van der Waals surface area contributed by atoms with E-state index in [1.54, 1.807) is 0 Å². The average Bonchev–Trinajstić information content (AvgIpc) is 2.89. The van der Waals surface area contributed by atoms with Crippen LogP contribution in [-0.4, -0.2) is 11.6 Å². The van der Waals surface area contributed by atoms with Gasteiger partial charge in [0.05, 0.1) is 10.0 Å². The summed E-state index contributed by atoms with van der Waals surface area (Å²) in [7, 11) is 1.96. The molecule has 0 saturated carbocycles. The van der Waals surface area contributed by atoms with E-state index in [2.05, 4.69) is 40.3 Å². The standard InChI is InChI=1S/C17H16Cl2N2/c1-20-10-12-4-3-7-16-14(12)8-9-21(16)11-13-5-2-6-15(18)17(13)19/h2-9,20H,10-11H2,1H3. The van der Waals surface area contributed by atoms with Gasteiger partial charge in [-0.2, -0.15) is 0 Å². The van der Waals surface area contributed by atoms with Crippen LogP contribution < -0.4 is 5.32 Å². The van der Waals surface area contributed by atoms with Gasteiger partial charge in [-0.1, -0.05) is 47.5 Å². The molecule has 0 aliphatic carbocycles. The highest BCUT2D eigenvalue weighted by molar-refractivity contribution is 6.42. The lowest BCUT2D eigenvalue weighted by Gasteiger charge is -2.09. The molecule has 0 aliphatic heterocycles. The van der Waals surface area contributed by atoms with Crippen molar-refractivity contribution >= 4 is 34.1 Å². The lowest BCUT2D eigenvalue weighted by molar-refractivity contribution is 0.821. The van der Waals surface area contributed by atoms with Gasteiger partial charge in [0.1, 0.15) is 0 Å². The molecule has 0 saturated heterocycles. The molecular formula is C17H16Cl2N2. The van der Waals surface area contributed by atoms with Crippen molar-refractivity contribution in [2.24, 2.45) is 0 Å². The Bertz CT molecular complexity index is 778. The highest BCUT2D eigenvalue weighted by atomic mass is 35.5. The van der Waals surface area contributed by atoms with E-state index in [1.165, 1.54) is 16.5 Å². The number of hydrogen-bond donors (Lipinski definition) is 1. The van der Waals surface area contributed by atoms with Gasteiger partial charge in [-0.05, 0) is 36.4 Å². The second kappa shape index (κ2) is 6.10. The van der Waals surface area contributed by atoms with Crippen molar-refractivity contribution in [1.82, 2.24) is 9.88 Å². The first-order chi connectivity index (χ1) is 10.2. The number of rotatable bonds is 4. The molecule has 0 amide bonds. The van der Waals surface area contributed by atoms with Crippen molar-refractivity contribution in [2.75, 3.05) is 7.05 Å². The van der Waals surface area contributed by atoms with Crippen LogP contribution in [-0.2, 0) is 13.1 Å². The number of aromatic nitrogens is 1. The maximum absolute atomic E-state index is 6.29. The van der Waals surface area contributed by atoms with Crippen LogP contribution in [0.15, 0.2) is 48.7 Å². The van der Waals surface area contributed by atoms with Crippen LogP contribution in [0.3, 0.4) is 0 Å². The highest BCUT2D eigenvalue weighted by Crippen LogP contribution is 2.28. The molecule has 0 unspecified atom stereocenters. The minimum atomic E-state index is 0.599. The van der Waals surface area contributed by atoms with E-state index < -0.39 is 0 Å². The Morgan fingerprint density at radius 1 is 1.00 bits per heavy atom. The molecule has 108 valence electrons. The van der Waals surface area contributed by atoms with Crippen LogP contribution in [0, 0.1) is 0 Å². The van der Waals surface area contributed by atoms with E-state index in [0.29, 0.717) is 16.6 Å². The van der Waals surface area contributed by atoms with E-state index in [9.17, 15) is 0 Å². The van der Waals surface area contributed by atoms with Gasteiger partial charge in [0.25, 0.3) is 0 Å². The van der Waals surface area contributed by atoms with Gasteiger partial charge in [-0.15, -0.1) is 0 Å². The first kappa shape index (κ1) is 14.5. The molecular weight excluding hydrogens is 303 g/mol. The molecule has 0 fully saturated rings. The summed E-state index contributed by atoms with van der Waals surface area (Å²) in [6.07, 6.45) is 2.10. The number of benzene rings is 2. The summed E-state index contributed by atoms with van der Waals surface area (Å²) in [6.45, 7) is 1.57. The number of nitrogens with zero attached hydrogens (tertiary/aromatic N) is 1. The van der Waals surface area contributed by atoms with Gasteiger partial charge < -0.3 is 9.88 Å². The molecule has 0 atom stereocenters. The first-order valence-electron chi connectivity index (χ1n) is 6.85. The molecule has 0 bridgehead atoms. The third-order valence-electron chi connectivity index (χ3n) is 3.64. The van der Waals surface area contributed by atoms with Gasteiger partial charge in [0.15, 0.2) is 0 Å². The molecule has 3 rings (SSSR count). The van der Waals surface area contributed by atoms with E-state index in [-0.39, 0.29) is 0 Å². The minimum Gasteiger partial charge on any atom is -0.343 e. The lowest BCUT2D eigenvalue weighted by atomic mass is 10.1. The van der Waals surface area contributed by atoms with Crippen LogP contribution in [0.2, 0.25) is 10.0 Å². The normalized spacial score (nSPS) is 11.2. The summed E-state index contributed by atoms with van der Waals surface area (Å²) < 4.78 is 2.20. The van der Waals surface area contributed by atoms with Gasteiger partial charge in [0, 0.05) is 30.2 Å². The zero-order valence-corrected chi connectivity index (χ0v) is 13.2. The van der Waals surface area contributed by atoms with Crippen molar-refractivity contribution in [1.29, 1.82) is 0 Å². The van der Waals surface area contributed by atoms with E-state index in [4.69, 9.17) is 23.2 Å². The van der Waals surface area contributed by atoms with Gasteiger partial charge in [-0.3, -0.25) is 0 Å². The average molecular weight is 319 g/mol. The molecule has 0 radical (unpaired) electrons. The molecule has 2 aromatic carbocycles. The summed E-state index contributed by atoms with van der Waals surface area (Å²) in [4.78, 5) is 0. The SMILES string of the molecule is CNCc1cccc2c1ccn2Cc1cccc(Cl)c1Cl. The lowest BCUT2D eigenvalue weighted by Crippen LogP contribution is -2.05. The Morgan fingerprint density at radius 2 is 1.76 bits per heavy atom. The molecule has 1 aromatic heterocycles. The predicted molar refractivity (Wildman–Crippen MR) is 90.3 cm³/mol. The summed E-state index contributed by atoms with van der Waals surface area (Å²) in [5, 5.41) is 5.70. The Morgan fingerprint density at radius 3 is 2.57 bits per heavy atom. The quantitative estimate of drug-likeness (QED) is 0.736. The maximum Gasteiger partial charge on any atom is 0.0642 e. The van der Waals surface area contributed by atoms with Crippen LogP contribution in [0.5, 0.6) is 0 Å². The Labute approximate surface area is 134 Å². The van der Waals surface area contributed by atoms with Crippen molar-refractivity contribution in [2.45, 2.75) is 13.1 Å². The Kier molecular flexibility index (Phi) is 4.20. The maximum atomic E-state index is 6.29. The van der Waals surface area contributed by atoms with Crippen LogP contribution in [0.25, 0.3) is 10.9 Å². The second-order valence-electron chi connectivity index (χ2n) is 5.04. The third kappa shape index (κ3) is 2.80. The van der Waals surface area contributed by atoms with Crippen molar-refractivity contribution in [3.05, 3.63) is 69.8 Å². The topological polar surface area (TPSA) is 17.0 Å². The summed E-state index contributed by atoms with van der Waals surface area (Å²) in [6, 6.07) is 14.3. The molecule has 3 aromatic rings. The zero-order chi connectivity index (χ0) is 14.8. The van der Waals surface area contributed by atoms with Crippen LogP contribution in [0.4, 0.5) is 0 Å². The molecule has 2 nitrogen and oxygen atoms in total. The predicted octanol–water partition coefficient (Wildman–Crippen LogP) is 4.72. The van der Waals surface area contributed by atoms with Crippen LogP contribution in [0.1, 0.15) is 11.1 Å². The van der Waals surface area contributed by atoms with E-state index >= 15 is 0 Å². The fourth-order valence-corrected chi connectivity index (χ4v) is 3.00. The fraction of sp³-hybridized carbons (Fsp3) is 0.176. The van der Waals surface area contributed by atoms with E-state index in [0.717, 1.165) is 12.1 Å². The number of hydrogen-bond acceptors (Lipinski definition) is 1. The van der Waals surface area contributed by atoms with E-state index in [1.807, 2.05) is 25.2 Å². The number of halogens is 2. The van der Waals surface area contributed by atoms with Crippen LogP contribution >= 0.6 is 23.2 Å². The van der Waals surface area contributed by atoms with Crippen molar-refractivity contribution in [3.8, 4) is 0 Å². The van der Waals surface area contributed by atoms with Gasteiger partial charge in [-0.25, -0.2) is 0 Å². The zero-order valence-electron chi connectivity index (χ0n) is 11.7. The largest absolute Gasteiger partial charge is 0.343 e. The first-order valence-corrected chi connectivity index (χ1v) is 7.60. The summed E-state index contributed by atoms with van der Waals surface area (Å²) in [5.41, 5.74) is 3.53. The fourth-order valence-electron chi connectivity index (χ4n) is 2.62. The summed E-state index contributed by atoms with van der Waals surface area (Å²) in [5.74, 6) is 0. The molecule has 1 heterocycles. The molecule has 0 spiro atoms. The van der Waals surface area contributed by atoms with Crippen molar-refractivity contribution < 1.29 is 0 Å². The monoisotopic (exact) mass is 318 g/mol. The number of fused-ring (bicyclic) bond motifs is 1. The number of nitrogens with one attached hydrogen (secondary N) is 1. The minimum absolute atomic E-state index is 0.599. The van der Waals surface area contributed by atoms with Gasteiger partial charge in [0.2, 0.25) is 0 Å².